The van der Waals surface area contributed by atoms with Crippen molar-refractivity contribution in [1.29, 1.82) is 0 Å². The van der Waals surface area contributed by atoms with E-state index in [1.807, 2.05) is 48.7 Å². The number of hydrogen-bond acceptors (Lipinski definition) is 4. The van der Waals surface area contributed by atoms with Crippen molar-refractivity contribution in [1.82, 2.24) is 19.9 Å². The Kier molecular flexibility index (Phi) is 4.91. The summed E-state index contributed by atoms with van der Waals surface area (Å²) in [4.78, 5) is 33.4. The van der Waals surface area contributed by atoms with E-state index in [2.05, 4.69) is 15.3 Å². The second-order valence-electron chi connectivity index (χ2n) is 6.83. The van der Waals surface area contributed by atoms with E-state index in [1.54, 1.807) is 36.7 Å². The van der Waals surface area contributed by atoms with Crippen LogP contribution in [0.3, 0.4) is 0 Å². The van der Waals surface area contributed by atoms with Crippen molar-refractivity contribution in [2.24, 2.45) is 0 Å². The third kappa shape index (κ3) is 3.65. The van der Waals surface area contributed by atoms with Crippen LogP contribution in [0.5, 0.6) is 0 Å². The summed E-state index contributed by atoms with van der Waals surface area (Å²) >= 11 is 0. The summed E-state index contributed by atoms with van der Waals surface area (Å²) < 4.78 is 2.02. The minimum atomic E-state index is -0.248. The van der Waals surface area contributed by atoms with Crippen LogP contribution in [0, 0.1) is 13.8 Å². The van der Waals surface area contributed by atoms with Gasteiger partial charge in [0, 0.05) is 23.0 Å². The van der Waals surface area contributed by atoms with Crippen molar-refractivity contribution >= 4 is 22.7 Å². The number of hydrogen-bond donors (Lipinski definition) is 1. The van der Waals surface area contributed by atoms with E-state index in [0.29, 0.717) is 11.1 Å². The van der Waals surface area contributed by atoms with E-state index >= 15 is 0 Å². The fourth-order valence-corrected chi connectivity index (χ4v) is 3.36. The Bertz CT molecular complexity index is 1210. The van der Waals surface area contributed by atoms with E-state index in [0.717, 1.165) is 28.1 Å². The van der Waals surface area contributed by atoms with Gasteiger partial charge in [-0.1, -0.05) is 18.2 Å². The number of carbonyl (C=O) groups is 2. The molecule has 144 valence electrons. The maximum absolute atomic E-state index is 12.5. The highest BCUT2D eigenvalue weighted by Crippen LogP contribution is 2.20. The number of nitrogens with zero attached hydrogens (tertiary/aromatic N) is 3. The maximum Gasteiger partial charge on any atom is 0.251 e. The van der Waals surface area contributed by atoms with Gasteiger partial charge in [0.2, 0.25) is 0 Å². The van der Waals surface area contributed by atoms with E-state index in [9.17, 15) is 9.59 Å². The van der Waals surface area contributed by atoms with Crippen LogP contribution >= 0.6 is 0 Å². The van der Waals surface area contributed by atoms with Crippen LogP contribution in [-0.2, 0) is 0 Å². The summed E-state index contributed by atoms with van der Waals surface area (Å²) in [5.74, 6) is 0.453. The van der Waals surface area contributed by atoms with Gasteiger partial charge in [0.25, 0.3) is 5.91 Å². The Balaban J connectivity index is 1.49. The average Bonchev–Trinajstić information content (AvgIpc) is 3.08. The van der Waals surface area contributed by atoms with E-state index < -0.39 is 0 Å². The quantitative estimate of drug-likeness (QED) is 0.533. The van der Waals surface area contributed by atoms with Crippen molar-refractivity contribution in [2.45, 2.75) is 13.8 Å². The molecule has 0 bridgehead atoms. The van der Waals surface area contributed by atoms with E-state index in [1.165, 1.54) is 0 Å². The molecule has 4 aromatic rings. The molecular weight excluding hydrogens is 364 g/mol. The largest absolute Gasteiger partial charge is 0.345 e. The highest BCUT2D eigenvalue weighted by molar-refractivity contribution is 6.02. The van der Waals surface area contributed by atoms with Crippen LogP contribution in [-0.4, -0.2) is 32.8 Å². The second-order valence-corrected chi connectivity index (χ2v) is 6.83. The summed E-state index contributed by atoms with van der Waals surface area (Å²) in [6.07, 6.45) is 3.46. The Morgan fingerprint density at radius 1 is 1.00 bits per heavy atom. The summed E-state index contributed by atoms with van der Waals surface area (Å²) in [5.41, 5.74) is 4.69. The second kappa shape index (κ2) is 7.67. The van der Waals surface area contributed by atoms with Gasteiger partial charge in [-0.25, -0.2) is 4.98 Å². The fourth-order valence-electron chi connectivity index (χ4n) is 3.36. The number of amides is 1. The lowest BCUT2D eigenvalue weighted by Gasteiger charge is -2.09. The van der Waals surface area contributed by atoms with Crippen molar-refractivity contribution in [3.63, 3.8) is 0 Å². The van der Waals surface area contributed by atoms with E-state index in [-0.39, 0.29) is 18.2 Å². The van der Waals surface area contributed by atoms with Gasteiger partial charge in [-0.05, 0) is 55.8 Å². The number of ketones is 1. The first-order chi connectivity index (χ1) is 14.0. The monoisotopic (exact) mass is 384 g/mol. The Morgan fingerprint density at radius 3 is 2.52 bits per heavy atom. The highest BCUT2D eigenvalue weighted by Gasteiger charge is 2.13. The van der Waals surface area contributed by atoms with Crippen molar-refractivity contribution in [2.75, 3.05) is 6.54 Å². The molecule has 0 saturated heterocycles. The van der Waals surface area contributed by atoms with Gasteiger partial charge in [-0.2, -0.15) is 0 Å². The summed E-state index contributed by atoms with van der Waals surface area (Å²) in [7, 11) is 0. The van der Waals surface area contributed by atoms with Crippen LogP contribution in [0.15, 0.2) is 67.0 Å². The third-order valence-corrected chi connectivity index (χ3v) is 4.87. The third-order valence-electron chi connectivity index (χ3n) is 4.87. The minimum absolute atomic E-state index is 0.0504. The molecule has 6 nitrogen and oxygen atoms in total. The normalized spacial score (nSPS) is 10.8. The van der Waals surface area contributed by atoms with Gasteiger partial charge in [0.1, 0.15) is 11.3 Å². The molecule has 6 heteroatoms. The molecule has 1 amide bonds. The van der Waals surface area contributed by atoms with Gasteiger partial charge in [0.05, 0.1) is 18.3 Å². The smallest absolute Gasteiger partial charge is 0.251 e. The van der Waals surface area contributed by atoms with E-state index in [4.69, 9.17) is 0 Å². The first-order valence-electron chi connectivity index (χ1n) is 9.31. The van der Waals surface area contributed by atoms with Gasteiger partial charge < -0.3 is 5.32 Å². The summed E-state index contributed by atoms with van der Waals surface area (Å²) in [6, 6.07) is 16.5. The van der Waals surface area contributed by atoms with Gasteiger partial charge >= 0.3 is 0 Å². The Morgan fingerprint density at radius 2 is 1.76 bits per heavy atom. The zero-order chi connectivity index (χ0) is 20.4. The molecule has 0 saturated carbocycles. The zero-order valence-corrected chi connectivity index (χ0v) is 16.2. The van der Waals surface area contributed by atoms with Crippen molar-refractivity contribution in [3.8, 4) is 5.69 Å². The molecule has 0 radical (unpaired) electrons. The molecule has 0 aliphatic rings. The van der Waals surface area contributed by atoms with Crippen LogP contribution in [0.25, 0.3) is 16.7 Å². The van der Waals surface area contributed by atoms with Gasteiger partial charge in [-0.15, -0.1) is 0 Å². The zero-order valence-electron chi connectivity index (χ0n) is 16.2. The molecule has 29 heavy (non-hydrogen) atoms. The predicted octanol–water partition coefficient (Wildman–Crippen LogP) is 3.65. The Labute approximate surface area is 168 Å². The van der Waals surface area contributed by atoms with Crippen LogP contribution < -0.4 is 5.32 Å². The molecule has 0 spiro atoms. The molecule has 0 aliphatic heterocycles. The highest BCUT2D eigenvalue weighted by atomic mass is 16.2. The lowest BCUT2D eigenvalue weighted by atomic mass is 10.1. The molecule has 2 heterocycles. The van der Waals surface area contributed by atoms with Crippen molar-refractivity contribution in [3.05, 3.63) is 89.5 Å². The standard InChI is InChI=1S/C23H20N4O2/c1-15-5-3-4-6-19(15)23(29)25-14-22(28)17-7-9-18(10-8-17)27-16(2)26-20-13-24-12-11-21(20)27/h3-13H,14H2,1-2H3,(H,25,29). The molecule has 0 aliphatic carbocycles. The lowest BCUT2D eigenvalue weighted by molar-refractivity contribution is 0.0903. The molecule has 2 aromatic heterocycles. The summed E-state index contributed by atoms with van der Waals surface area (Å²) in [5, 5.41) is 2.70. The van der Waals surface area contributed by atoms with Gasteiger partial charge in [-0.3, -0.25) is 19.1 Å². The number of nitrogens with one attached hydrogen (secondary N) is 1. The number of imidazole rings is 1. The molecule has 0 fully saturated rings. The van der Waals surface area contributed by atoms with Crippen LogP contribution in [0.1, 0.15) is 32.1 Å². The first kappa shape index (κ1) is 18.6. The first-order valence-corrected chi connectivity index (χ1v) is 9.31. The predicted molar refractivity (Wildman–Crippen MR) is 111 cm³/mol. The van der Waals surface area contributed by atoms with Crippen LogP contribution in [0.2, 0.25) is 0 Å². The number of Topliss-reactive ketones (excluding diaryl/α,β-unsaturated/α-hetero) is 1. The number of aryl methyl sites for hydroxylation is 2. The SMILES string of the molecule is Cc1ccccc1C(=O)NCC(=O)c1ccc(-n2c(C)nc3cnccc32)cc1. The number of pyridine rings is 1. The fraction of sp³-hybridized carbons (Fsp3) is 0.130. The molecule has 1 N–H and O–H groups in total. The number of carbonyl (C=O) groups excluding carboxylic acids is 2. The van der Waals surface area contributed by atoms with Gasteiger partial charge in [0.15, 0.2) is 5.78 Å². The molecule has 2 aromatic carbocycles. The number of benzene rings is 2. The molecule has 4 rings (SSSR count). The molecular formula is C23H20N4O2. The summed E-state index contributed by atoms with van der Waals surface area (Å²) in [6.45, 7) is 3.75. The molecule has 0 atom stereocenters. The maximum atomic E-state index is 12.5. The topological polar surface area (TPSA) is 76.9 Å². The molecule has 0 unspecified atom stereocenters. The number of rotatable bonds is 5. The number of aromatic nitrogens is 3. The van der Waals surface area contributed by atoms with Crippen molar-refractivity contribution < 1.29 is 9.59 Å². The number of fused-ring (bicyclic) bond motifs is 1. The Hall–Kier alpha value is -3.80. The average molecular weight is 384 g/mol. The lowest BCUT2D eigenvalue weighted by Crippen LogP contribution is -2.30. The minimum Gasteiger partial charge on any atom is -0.345 e. The van der Waals surface area contributed by atoms with Crippen LogP contribution in [0.4, 0.5) is 0 Å².